The maximum atomic E-state index is 5.74. The summed E-state index contributed by atoms with van der Waals surface area (Å²) in [6, 6.07) is 17.7. The number of hydrogen-bond acceptors (Lipinski definition) is 1. The van der Waals surface area contributed by atoms with Gasteiger partial charge in [0.25, 0.3) is 0 Å². The molecule has 0 aliphatic heterocycles. The Kier molecular flexibility index (Phi) is 9.94. The Morgan fingerprint density at radius 1 is 0.969 bits per heavy atom. The van der Waals surface area contributed by atoms with Gasteiger partial charge in [-0.25, -0.2) is 0 Å². The lowest BCUT2D eigenvalue weighted by molar-refractivity contribution is 0.668. The standard InChI is InChI=1S/C31H41N/c1-8-27(18-15-24(5)21-32)19-17-26(7)30(22(2)3)31(28-12-10-9-11-13-28)29-20-23(4)14-16-25(29)6/h9-20,22,26H,8,21,32H2,1-7H3/b19-17+,24-15-,27-18+,31-30+. The Morgan fingerprint density at radius 3 is 2.25 bits per heavy atom. The molecule has 0 radical (unpaired) electrons. The van der Waals surface area contributed by atoms with E-state index in [9.17, 15) is 0 Å². The fourth-order valence-electron chi connectivity index (χ4n) is 4.11. The van der Waals surface area contributed by atoms with Crippen LogP contribution in [0.25, 0.3) is 5.57 Å². The maximum Gasteiger partial charge on any atom is 0.0137 e. The molecule has 0 aliphatic carbocycles. The van der Waals surface area contributed by atoms with E-state index in [2.05, 4.69) is 121 Å². The van der Waals surface area contributed by atoms with Crippen molar-refractivity contribution in [2.75, 3.05) is 6.54 Å². The van der Waals surface area contributed by atoms with Crippen molar-refractivity contribution in [2.45, 2.75) is 54.9 Å². The van der Waals surface area contributed by atoms with Gasteiger partial charge in [0.2, 0.25) is 0 Å². The van der Waals surface area contributed by atoms with Crippen LogP contribution in [-0.4, -0.2) is 6.54 Å². The largest absolute Gasteiger partial charge is 0.327 e. The number of hydrogen-bond donors (Lipinski definition) is 1. The topological polar surface area (TPSA) is 26.0 Å². The monoisotopic (exact) mass is 427 g/mol. The van der Waals surface area contributed by atoms with Crippen LogP contribution in [0.3, 0.4) is 0 Å². The van der Waals surface area contributed by atoms with Crippen LogP contribution < -0.4 is 5.73 Å². The quantitative estimate of drug-likeness (QED) is 0.401. The minimum atomic E-state index is 0.319. The van der Waals surface area contributed by atoms with Crippen molar-refractivity contribution in [3.63, 3.8) is 0 Å². The Morgan fingerprint density at radius 2 is 1.66 bits per heavy atom. The molecule has 32 heavy (non-hydrogen) atoms. The Labute approximate surface area is 196 Å². The zero-order valence-electron chi connectivity index (χ0n) is 21.1. The molecule has 0 saturated heterocycles. The van der Waals surface area contributed by atoms with Crippen molar-refractivity contribution in [1.29, 1.82) is 0 Å². The van der Waals surface area contributed by atoms with E-state index < -0.39 is 0 Å². The summed E-state index contributed by atoms with van der Waals surface area (Å²) < 4.78 is 0. The van der Waals surface area contributed by atoms with Gasteiger partial charge in [-0.05, 0) is 66.9 Å². The molecule has 1 nitrogen and oxygen atoms in total. The maximum absolute atomic E-state index is 5.74. The Bertz CT molecular complexity index is 1000. The van der Waals surface area contributed by atoms with E-state index in [0.717, 1.165) is 6.42 Å². The molecule has 1 atom stereocenters. The second-order valence-electron chi connectivity index (χ2n) is 9.13. The summed E-state index contributed by atoms with van der Waals surface area (Å²) in [7, 11) is 0. The van der Waals surface area contributed by atoms with E-state index in [1.165, 1.54) is 44.5 Å². The predicted molar refractivity (Wildman–Crippen MR) is 143 cm³/mol. The van der Waals surface area contributed by atoms with Crippen molar-refractivity contribution in [3.8, 4) is 0 Å². The zero-order valence-corrected chi connectivity index (χ0v) is 21.1. The fraction of sp³-hybridized carbons (Fsp3) is 0.355. The summed E-state index contributed by atoms with van der Waals surface area (Å²) in [4.78, 5) is 0. The second-order valence-corrected chi connectivity index (χ2v) is 9.13. The molecular weight excluding hydrogens is 386 g/mol. The average Bonchev–Trinajstić information content (AvgIpc) is 2.79. The van der Waals surface area contributed by atoms with Crippen molar-refractivity contribution < 1.29 is 0 Å². The van der Waals surface area contributed by atoms with Crippen LogP contribution in [0.5, 0.6) is 0 Å². The molecular formula is C31H41N. The van der Waals surface area contributed by atoms with Gasteiger partial charge in [-0.15, -0.1) is 0 Å². The first-order valence-corrected chi connectivity index (χ1v) is 11.9. The molecule has 0 bridgehead atoms. The van der Waals surface area contributed by atoms with E-state index in [-0.39, 0.29) is 0 Å². The van der Waals surface area contributed by atoms with Crippen LogP contribution in [0, 0.1) is 25.7 Å². The number of nitrogens with two attached hydrogens (primary N) is 1. The van der Waals surface area contributed by atoms with Crippen LogP contribution in [0.4, 0.5) is 0 Å². The molecule has 1 heteroatoms. The van der Waals surface area contributed by atoms with Gasteiger partial charge in [0.1, 0.15) is 0 Å². The van der Waals surface area contributed by atoms with Gasteiger partial charge in [0.05, 0.1) is 0 Å². The summed E-state index contributed by atoms with van der Waals surface area (Å²) in [6.07, 6.45) is 10.00. The van der Waals surface area contributed by atoms with Gasteiger partial charge in [-0.1, -0.05) is 117 Å². The molecule has 2 N–H and O–H groups in total. The zero-order chi connectivity index (χ0) is 23.7. The first kappa shape index (κ1) is 25.6. The van der Waals surface area contributed by atoms with Crippen LogP contribution >= 0.6 is 0 Å². The average molecular weight is 428 g/mol. The summed E-state index contributed by atoms with van der Waals surface area (Å²) in [5.41, 5.74) is 16.4. The fourth-order valence-corrected chi connectivity index (χ4v) is 4.11. The van der Waals surface area contributed by atoms with E-state index in [1.54, 1.807) is 0 Å². The van der Waals surface area contributed by atoms with E-state index >= 15 is 0 Å². The lowest BCUT2D eigenvalue weighted by Gasteiger charge is -2.25. The molecule has 0 aromatic heterocycles. The summed E-state index contributed by atoms with van der Waals surface area (Å²) >= 11 is 0. The van der Waals surface area contributed by atoms with E-state index in [4.69, 9.17) is 5.73 Å². The highest BCUT2D eigenvalue weighted by atomic mass is 14.5. The van der Waals surface area contributed by atoms with Crippen LogP contribution in [0.1, 0.15) is 63.3 Å². The lowest BCUT2D eigenvalue weighted by atomic mass is 9.80. The summed E-state index contributed by atoms with van der Waals surface area (Å²) in [5, 5.41) is 0. The van der Waals surface area contributed by atoms with Crippen molar-refractivity contribution in [3.05, 3.63) is 112 Å². The molecule has 0 aliphatic rings. The number of aryl methyl sites for hydroxylation is 2. The van der Waals surface area contributed by atoms with Crippen LogP contribution in [0.15, 0.2) is 89.6 Å². The van der Waals surface area contributed by atoms with Gasteiger partial charge in [0, 0.05) is 6.54 Å². The predicted octanol–water partition coefficient (Wildman–Crippen LogP) is 8.20. The highest BCUT2D eigenvalue weighted by Crippen LogP contribution is 2.37. The molecule has 170 valence electrons. The molecule has 2 aromatic rings. The van der Waals surface area contributed by atoms with Gasteiger partial charge in [-0.3, -0.25) is 0 Å². The Balaban J connectivity index is 2.65. The molecule has 2 aromatic carbocycles. The van der Waals surface area contributed by atoms with E-state index in [1.807, 2.05) is 0 Å². The molecule has 0 heterocycles. The second kappa shape index (κ2) is 12.4. The minimum absolute atomic E-state index is 0.319. The first-order chi connectivity index (χ1) is 15.3. The summed E-state index contributed by atoms with van der Waals surface area (Å²) in [6.45, 7) is 16.2. The molecule has 0 saturated carbocycles. The third-order valence-corrected chi connectivity index (χ3v) is 6.04. The van der Waals surface area contributed by atoms with Gasteiger partial charge < -0.3 is 5.73 Å². The highest BCUT2D eigenvalue weighted by Gasteiger charge is 2.20. The highest BCUT2D eigenvalue weighted by molar-refractivity contribution is 5.84. The third-order valence-electron chi connectivity index (χ3n) is 6.04. The smallest absolute Gasteiger partial charge is 0.0137 e. The molecule has 2 rings (SSSR count). The van der Waals surface area contributed by atoms with Gasteiger partial charge >= 0.3 is 0 Å². The van der Waals surface area contributed by atoms with Gasteiger partial charge in [-0.2, -0.15) is 0 Å². The first-order valence-electron chi connectivity index (χ1n) is 11.9. The third kappa shape index (κ3) is 6.93. The van der Waals surface area contributed by atoms with E-state index in [0.29, 0.717) is 18.4 Å². The molecule has 0 spiro atoms. The van der Waals surface area contributed by atoms with Gasteiger partial charge in [0.15, 0.2) is 0 Å². The number of benzene rings is 2. The van der Waals surface area contributed by atoms with Crippen molar-refractivity contribution in [1.82, 2.24) is 0 Å². The minimum Gasteiger partial charge on any atom is -0.327 e. The summed E-state index contributed by atoms with van der Waals surface area (Å²) in [5.74, 6) is 0.748. The van der Waals surface area contributed by atoms with Crippen molar-refractivity contribution in [2.24, 2.45) is 17.6 Å². The SMILES string of the molecule is CCC(/C=C/C(C)/C(=C(\c1ccccc1)c1cc(C)ccc1C)C(C)C)=C\C=C(\C)CN. The number of allylic oxidation sites excluding steroid dienone is 6. The molecule has 0 fully saturated rings. The number of rotatable bonds is 9. The van der Waals surface area contributed by atoms with Crippen LogP contribution in [-0.2, 0) is 0 Å². The van der Waals surface area contributed by atoms with Crippen molar-refractivity contribution >= 4 is 5.57 Å². The lowest BCUT2D eigenvalue weighted by Crippen LogP contribution is -2.09. The molecule has 0 amide bonds. The Hall–Kier alpha value is -2.64. The molecule has 1 unspecified atom stereocenters. The van der Waals surface area contributed by atoms with Crippen LogP contribution in [0.2, 0.25) is 0 Å². The normalized spacial score (nSPS) is 14.8.